The zero-order chi connectivity index (χ0) is 23.5. The molecule has 0 atom stereocenters. The van der Waals surface area contributed by atoms with Crippen molar-refractivity contribution in [2.24, 2.45) is 0 Å². The van der Waals surface area contributed by atoms with Crippen LogP contribution in [0.25, 0.3) is 22.4 Å². The molecule has 0 unspecified atom stereocenters. The highest BCUT2D eigenvalue weighted by Gasteiger charge is 2.31. The molecule has 0 amide bonds. The maximum atomic E-state index is 12.4. The zero-order valence-electron chi connectivity index (χ0n) is 16.1. The number of rotatable bonds is 5. The van der Waals surface area contributed by atoms with Crippen LogP contribution in [0.3, 0.4) is 0 Å². The lowest BCUT2D eigenvalue weighted by atomic mass is 9.98. The summed E-state index contributed by atoms with van der Waals surface area (Å²) in [6.07, 6.45) is -9.72. The van der Waals surface area contributed by atoms with Crippen molar-refractivity contribution in [3.63, 3.8) is 0 Å². The van der Waals surface area contributed by atoms with Crippen LogP contribution in [0.2, 0.25) is 0 Å². The van der Waals surface area contributed by atoms with Crippen LogP contribution < -0.4 is 9.47 Å². The second kappa shape index (κ2) is 8.77. The number of esters is 1. The van der Waals surface area contributed by atoms with Crippen LogP contribution in [0.15, 0.2) is 60.7 Å². The summed E-state index contributed by atoms with van der Waals surface area (Å²) in [5.74, 6) is -1.64. The van der Waals surface area contributed by atoms with Crippen molar-refractivity contribution in [2.45, 2.75) is 12.7 Å². The van der Waals surface area contributed by atoms with Crippen molar-refractivity contribution >= 4 is 5.97 Å². The number of nitrogens with zero attached hydrogens (tertiary/aromatic N) is 1. The van der Waals surface area contributed by atoms with Crippen LogP contribution >= 0.6 is 0 Å². The minimum Gasteiger partial charge on any atom is -0.464 e. The summed E-state index contributed by atoms with van der Waals surface area (Å²) in [5, 5.41) is 0. The van der Waals surface area contributed by atoms with Crippen molar-refractivity contribution in [3.8, 4) is 33.9 Å². The topological polar surface area (TPSA) is 57.7 Å². The second-order valence-electron chi connectivity index (χ2n) is 6.23. The highest BCUT2D eigenvalue weighted by atomic mass is 19.4. The van der Waals surface area contributed by atoms with E-state index in [1.54, 1.807) is 0 Å². The maximum Gasteiger partial charge on any atom is 0.573 e. The number of pyridine rings is 1. The average molecular weight is 457 g/mol. The molecular weight excluding hydrogens is 444 g/mol. The van der Waals surface area contributed by atoms with Crippen LogP contribution in [-0.4, -0.2) is 30.8 Å². The van der Waals surface area contributed by atoms with Gasteiger partial charge in [-0.2, -0.15) is 0 Å². The standard InChI is InChI=1S/C21H13F6NO4/c1-30-19(29)17-11-10-16(12-2-6-14(7-3-12)31-20(22,23)24)18(28-17)13-4-8-15(9-5-13)32-21(25,26)27/h2-11H,1H3. The largest absolute Gasteiger partial charge is 0.573 e. The van der Waals surface area contributed by atoms with Gasteiger partial charge in [0.1, 0.15) is 17.2 Å². The monoisotopic (exact) mass is 457 g/mol. The van der Waals surface area contributed by atoms with Crippen molar-refractivity contribution in [1.82, 2.24) is 4.98 Å². The fourth-order valence-electron chi connectivity index (χ4n) is 2.78. The third-order valence-corrected chi connectivity index (χ3v) is 4.05. The van der Waals surface area contributed by atoms with Gasteiger partial charge in [-0.05, 0) is 54.1 Å². The van der Waals surface area contributed by atoms with Crippen molar-refractivity contribution < 1.29 is 45.3 Å². The van der Waals surface area contributed by atoms with Gasteiger partial charge in [0, 0.05) is 11.1 Å². The summed E-state index contributed by atoms with van der Waals surface area (Å²) in [4.78, 5) is 16.1. The predicted molar refractivity (Wildman–Crippen MR) is 99.8 cm³/mol. The van der Waals surface area contributed by atoms with Gasteiger partial charge in [-0.25, -0.2) is 9.78 Å². The molecule has 0 spiro atoms. The van der Waals surface area contributed by atoms with Crippen molar-refractivity contribution in [2.75, 3.05) is 7.11 Å². The lowest BCUT2D eigenvalue weighted by Gasteiger charge is -2.13. The number of aromatic nitrogens is 1. The summed E-state index contributed by atoms with van der Waals surface area (Å²) in [6.45, 7) is 0. The third kappa shape index (κ3) is 5.90. The Kier molecular flexibility index (Phi) is 6.28. The molecule has 0 saturated carbocycles. The van der Waals surface area contributed by atoms with Crippen LogP contribution in [0.1, 0.15) is 10.5 Å². The maximum absolute atomic E-state index is 12.4. The number of benzene rings is 2. The van der Waals surface area contributed by atoms with Gasteiger partial charge in [-0.3, -0.25) is 0 Å². The highest BCUT2D eigenvalue weighted by molar-refractivity contribution is 5.90. The fraction of sp³-hybridized carbons (Fsp3) is 0.143. The quantitative estimate of drug-likeness (QED) is 0.348. The Morgan fingerprint density at radius 2 is 1.19 bits per heavy atom. The molecule has 3 aromatic rings. The first-order valence-electron chi connectivity index (χ1n) is 8.77. The number of carbonyl (C=O) groups excluding carboxylic acids is 1. The number of methoxy groups -OCH3 is 1. The first-order valence-corrected chi connectivity index (χ1v) is 8.77. The number of hydrogen-bond acceptors (Lipinski definition) is 5. The third-order valence-electron chi connectivity index (χ3n) is 4.05. The molecule has 11 heteroatoms. The Morgan fingerprint density at radius 3 is 1.62 bits per heavy atom. The Balaban J connectivity index is 2.03. The predicted octanol–water partition coefficient (Wildman–Crippen LogP) is 6.00. The van der Waals surface area contributed by atoms with Gasteiger partial charge in [0.2, 0.25) is 0 Å². The molecule has 0 radical (unpaired) electrons. The number of carbonyl (C=O) groups is 1. The molecule has 32 heavy (non-hydrogen) atoms. The van der Waals surface area contributed by atoms with E-state index in [0.29, 0.717) is 16.7 Å². The molecule has 0 saturated heterocycles. The van der Waals surface area contributed by atoms with Gasteiger partial charge >= 0.3 is 18.7 Å². The van der Waals surface area contributed by atoms with Gasteiger partial charge in [0.15, 0.2) is 0 Å². The van der Waals surface area contributed by atoms with Gasteiger partial charge in [-0.15, -0.1) is 26.3 Å². The van der Waals surface area contributed by atoms with Gasteiger partial charge in [-0.1, -0.05) is 12.1 Å². The first kappa shape index (κ1) is 22.9. The molecule has 5 nitrogen and oxygen atoms in total. The summed E-state index contributed by atoms with van der Waals surface area (Å²) >= 11 is 0. The zero-order valence-corrected chi connectivity index (χ0v) is 16.1. The molecule has 0 N–H and O–H groups in total. The fourth-order valence-corrected chi connectivity index (χ4v) is 2.78. The number of halogens is 6. The Hall–Kier alpha value is -3.76. The SMILES string of the molecule is COC(=O)c1ccc(-c2ccc(OC(F)(F)F)cc2)c(-c2ccc(OC(F)(F)F)cc2)n1. The number of alkyl halides is 6. The molecule has 0 bridgehead atoms. The molecule has 1 heterocycles. The van der Waals surface area contributed by atoms with E-state index in [1.165, 1.54) is 36.4 Å². The second-order valence-corrected chi connectivity index (χ2v) is 6.23. The van der Waals surface area contributed by atoms with E-state index >= 15 is 0 Å². The van der Waals surface area contributed by atoms with Crippen LogP contribution in [0.4, 0.5) is 26.3 Å². The molecule has 3 rings (SSSR count). The van der Waals surface area contributed by atoms with Gasteiger partial charge in [0.25, 0.3) is 0 Å². The van der Waals surface area contributed by atoms with Crippen molar-refractivity contribution in [3.05, 3.63) is 66.4 Å². The van der Waals surface area contributed by atoms with E-state index in [9.17, 15) is 31.1 Å². The smallest absolute Gasteiger partial charge is 0.464 e. The molecule has 0 aliphatic heterocycles. The average Bonchev–Trinajstić information content (AvgIpc) is 2.72. The summed E-state index contributed by atoms with van der Waals surface area (Å²) in [6, 6.07) is 12.5. The van der Waals surface area contributed by atoms with E-state index in [-0.39, 0.29) is 11.4 Å². The lowest BCUT2D eigenvalue weighted by Crippen LogP contribution is -2.17. The highest BCUT2D eigenvalue weighted by Crippen LogP contribution is 2.34. The Labute approximate surface area is 177 Å². The van der Waals surface area contributed by atoms with E-state index < -0.39 is 30.2 Å². The summed E-state index contributed by atoms with van der Waals surface area (Å²) in [5.41, 5.74) is 1.28. The normalized spacial score (nSPS) is 11.7. The van der Waals surface area contributed by atoms with Gasteiger partial charge in [0.05, 0.1) is 12.8 Å². The lowest BCUT2D eigenvalue weighted by molar-refractivity contribution is -0.275. The molecular formula is C21H13F6NO4. The van der Waals surface area contributed by atoms with Crippen LogP contribution in [-0.2, 0) is 4.74 Å². The summed E-state index contributed by atoms with van der Waals surface area (Å²) in [7, 11) is 1.15. The Bertz CT molecular complexity index is 1090. The van der Waals surface area contributed by atoms with Crippen LogP contribution in [0, 0.1) is 0 Å². The molecule has 0 aliphatic carbocycles. The van der Waals surface area contributed by atoms with E-state index in [4.69, 9.17) is 0 Å². The number of hydrogen-bond donors (Lipinski definition) is 0. The van der Waals surface area contributed by atoms with Crippen molar-refractivity contribution in [1.29, 1.82) is 0 Å². The molecule has 0 aliphatic rings. The minimum atomic E-state index is -4.87. The molecule has 1 aromatic heterocycles. The minimum absolute atomic E-state index is 0.0705. The number of ether oxygens (including phenoxy) is 3. The molecule has 0 fully saturated rings. The molecule has 2 aromatic carbocycles. The Morgan fingerprint density at radius 1 is 0.719 bits per heavy atom. The van der Waals surface area contributed by atoms with Gasteiger partial charge < -0.3 is 14.2 Å². The van der Waals surface area contributed by atoms with E-state index in [0.717, 1.165) is 31.4 Å². The summed E-state index contributed by atoms with van der Waals surface area (Å²) < 4.78 is 86.7. The molecule has 168 valence electrons. The first-order chi connectivity index (χ1) is 14.9. The van der Waals surface area contributed by atoms with E-state index in [2.05, 4.69) is 19.2 Å². The van der Waals surface area contributed by atoms with Crippen LogP contribution in [0.5, 0.6) is 11.5 Å². The van der Waals surface area contributed by atoms with E-state index in [1.807, 2.05) is 0 Å².